The molecule has 0 radical (unpaired) electrons. The van der Waals surface area contributed by atoms with Crippen molar-refractivity contribution in [2.75, 3.05) is 0 Å². The fraction of sp³-hybridized carbons (Fsp3) is 0.500. The zero-order valence-electron chi connectivity index (χ0n) is 8.09. The minimum atomic E-state index is -1.01. The molecule has 0 saturated heterocycles. The summed E-state index contributed by atoms with van der Waals surface area (Å²) in [7, 11) is -1.01. The Hall–Kier alpha value is 1.44. The van der Waals surface area contributed by atoms with Gasteiger partial charge in [0.2, 0.25) is 0 Å². The summed E-state index contributed by atoms with van der Waals surface area (Å²) in [4.78, 5) is 0. The molecule has 0 atom stereocenters. The predicted octanol–water partition coefficient (Wildman–Crippen LogP) is 3.82. The van der Waals surface area contributed by atoms with Crippen LogP contribution >= 0.6 is 37.2 Å². The third-order valence-corrected chi connectivity index (χ3v) is 3.46. The van der Waals surface area contributed by atoms with Crippen molar-refractivity contribution in [1.29, 1.82) is 0 Å². The molecule has 0 spiro atoms. The molecular formula is C8H16Cl3HfSi-. The molecular weight excluding hydrogens is 409 g/mol. The van der Waals surface area contributed by atoms with Gasteiger partial charge in [-0.15, -0.1) is 43.6 Å². The van der Waals surface area contributed by atoms with Crippen molar-refractivity contribution in [1.82, 2.24) is 0 Å². The van der Waals surface area contributed by atoms with Crippen LogP contribution in [0.15, 0.2) is 17.3 Å². The van der Waals surface area contributed by atoms with Crippen molar-refractivity contribution in [3.8, 4) is 0 Å². The number of rotatable bonds is 1. The molecule has 0 saturated carbocycles. The van der Waals surface area contributed by atoms with Gasteiger partial charge in [0.15, 0.2) is 0 Å². The van der Waals surface area contributed by atoms with E-state index in [-0.39, 0.29) is 63.1 Å². The maximum absolute atomic E-state index is 3.36. The smallest absolute Gasteiger partial charge is 0.0393 e. The van der Waals surface area contributed by atoms with Gasteiger partial charge in [-0.25, -0.2) is 11.3 Å². The van der Waals surface area contributed by atoms with Crippen LogP contribution in [0.5, 0.6) is 0 Å². The molecule has 0 aromatic carbocycles. The Kier molecular flexibility index (Phi) is 18.4. The standard InChI is InChI=1S/C8H13Si.3ClH.Hf/c1-9(2,3)8-6-4-5-7-8;;;;/h4,6H,5H2,1-3H3;3*1H;/q-1;;;;. The van der Waals surface area contributed by atoms with Crippen LogP contribution in [0, 0.1) is 6.08 Å². The van der Waals surface area contributed by atoms with Gasteiger partial charge in [0.25, 0.3) is 0 Å². The van der Waals surface area contributed by atoms with Gasteiger partial charge in [-0.1, -0.05) is 19.6 Å². The first kappa shape index (κ1) is 23.9. The second-order valence-corrected chi connectivity index (χ2v) is 8.49. The second kappa shape index (κ2) is 9.97. The van der Waals surface area contributed by atoms with Gasteiger partial charge in [-0.05, 0) is 0 Å². The summed E-state index contributed by atoms with van der Waals surface area (Å²) in [5.41, 5.74) is 0. The Bertz CT molecular complexity index is 173. The molecule has 0 nitrogen and oxygen atoms in total. The van der Waals surface area contributed by atoms with Gasteiger partial charge in [0.05, 0.1) is 0 Å². The molecule has 0 aliphatic heterocycles. The Labute approximate surface area is 120 Å². The van der Waals surface area contributed by atoms with Crippen molar-refractivity contribution in [3.05, 3.63) is 23.4 Å². The van der Waals surface area contributed by atoms with Crippen LogP contribution in [0.3, 0.4) is 0 Å². The van der Waals surface area contributed by atoms with E-state index in [9.17, 15) is 0 Å². The molecule has 0 N–H and O–H groups in total. The van der Waals surface area contributed by atoms with E-state index in [0.29, 0.717) is 0 Å². The summed E-state index contributed by atoms with van der Waals surface area (Å²) < 4.78 is 0. The van der Waals surface area contributed by atoms with E-state index in [4.69, 9.17) is 0 Å². The molecule has 5 heteroatoms. The maximum atomic E-state index is 3.36. The van der Waals surface area contributed by atoms with Crippen molar-refractivity contribution in [3.63, 3.8) is 0 Å². The molecule has 13 heavy (non-hydrogen) atoms. The van der Waals surface area contributed by atoms with Crippen LogP contribution in [0.25, 0.3) is 0 Å². The van der Waals surface area contributed by atoms with E-state index in [2.05, 4.69) is 37.9 Å². The van der Waals surface area contributed by atoms with E-state index < -0.39 is 8.07 Å². The summed E-state index contributed by atoms with van der Waals surface area (Å²) >= 11 is 0. The number of allylic oxidation sites excluding steroid dienone is 4. The number of halogens is 3. The molecule has 0 amide bonds. The van der Waals surface area contributed by atoms with Gasteiger partial charge in [0, 0.05) is 33.9 Å². The van der Waals surface area contributed by atoms with Crippen LogP contribution in [-0.4, -0.2) is 8.07 Å². The molecule has 0 unspecified atom stereocenters. The largest absolute Gasteiger partial charge is 0.274 e. The summed E-state index contributed by atoms with van der Waals surface area (Å²) in [6.45, 7) is 7.06. The van der Waals surface area contributed by atoms with Crippen LogP contribution < -0.4 is 0 Å². The molecule has 0 aromatic rings. The van der Waals surface area contributed by atoms with Gasteiger partial charge in [0.1, 0.15) is 0 Å². The van der Waals surface area contributed by atoms with Crippen LogP contribution in [-0.2, 0) is 25.8 Å². The molecule has 0 heterocycles. The number of hydrogen-bond acceptors (Lipinski definition) is 0. The summed E-state index contributed by atoms with van der Waals surface area (Å²) in [6.07, 6.45) is 8.82. The van der Waals surface area contributed by atoms with E-state index >= 15 is 0 Å². The second-order valence-electron chi connectivity index (χ2n) is 3.45. The number of hydrogen-bond donors (Lipinski definition) is 0. The molecule has 0 fully saturated rings. The van der Waals surface area contributed by atoms with Crippen LogP contribution in [0.2, 0.25) is 19.6 Å². The van der Waals surface area contributed by atoms with Gasteiger partial charge in [-0.3, -0.25) is 6.08 Å². The molecule has 0 bridgehead atoms. The zero-order valence-corrected chi connectivity index (χ0v) is 15.1. The van der Waals surface area contributed by atoms with E-state index in [1.54, 1.807) is 0 Å². The first-order chi connectivity index (χ1) is 4.11. The van der Waals surface area contributed by atoms with Crippen molar-refractivity contribution < 1.29 is 25.8 Å². The Morgan fingerprint density at radius 2 is 1.62 bits per heavy atom. The third kappa shape index (κ3) is 8.43. The summed E-state index contributed by atoms with van der Waals surface area (Å²) in [5.74, 6) is 0. The van der Waals surface area contributed by atoms with Crippen LogP contribution in [0.1, 0.15) is 6.42 Å². The monoisotopic (exact) mass is 425 g/mol. The predicted molar refractivity (Wildman–Crippen MR) is 65.6 cm³/mol. The van der Waals surface area contributed by atoms with Crippen LogP contribution in [0.4, 0.5) is 0 Å². The quantitative estimate of drug-likeness (QED) is 0.443. The SMILES string of the molecule is C[Si](C)(C)C1=[C-]CC=C1.Cl.Cl.Cl.[Hf]. The maximum Gasteiger partial charge on any atom is 0.0393 e. The van der Waals surface area contributed by atoms with Crippen molar-refractivity contribution in [2.24, 2.45) is 0 Å². The first-order valence-electron chi connectivity index (χ1n) is 3.38. The van der Waals surface area contributed by atoms with Crippen molar-refractivity contribution >= 4 is 45.3 Å². The molecule has 1 aliphatic carbocycles. The van der Waals surface area contributed by atoms with E-state index in [1.807, 2.05) is 0 Å². The van der Waals surface area contributed by atoms with Crippen molar-refractivity contribution in [2.45, 2.75) is 26.1 Å². The average Bonchev–Trinajstić information content (AvgIpc) is 2.08. The van der Waals surface area contributed by atoms with Gasteiger partial charge >= 0.3 is 0 Å². The Morgan fingerprint density at radius 1 is 1.15 bits per heavy atom. The topological polar surface area (TPSA) is 0 Å². The minimum absolute atomic E-state index is 0. The normalized spacial score (nSPS) is 12.7. The van der Waals surface area contributed by atoms with E-state index in [1.165, 1.54) is 5.20 Å². The van der Waals surface area contributed by atoms with Gasteiger partial charge < -0.3 is 0 Å². The third-order valence-electron chi connectivity index (χ3n) is 1.50. The Morgan fingerprint density at radius 3 is 1.77 bits per heavy atom. The summed E-state index contributed by atoms with van der Waals surface area (Å²) in [6, 6.07) is 0. The first-order valence-corrected chi connectivity index (χ1v) is 6.88. The molecule has 0 aromatic heterocycles. The Balaban J connectivity index is -0.000000101. The molecule has 78 valence electrons. The average molecular weight is 425 g/mol. The zero-order chi connectivity index (χ0) is 6.91. The minimum Gasteiger partial charge on any atom is -0.274 e. The fourth-order valence-electron chi connectivity index (χ4n) is 0.920. The van der Waals surface area contributed by atoms with E-state index in [0.717, 1.165) is 6.42 Å². The molecule has 1 rings (SSSR count). The summed E-state index contributed by atoms with van der Waals surface area (Å²) in [5, 5.41) is 1.49. The fourth-order valence-corrected chi connectivity index (χ4v) is 2.17. The molecule has 1 aliphatic rings. The van der Waals surface area contributed by atoms with Gasteiger partial charge in [-0.2, -0.15) is 6.08 Å².